The number of aliphatic imine (C=N–C) groups is 1. The molecule has 84 valence electrons. The van der Waals surface area contributed by atoms with Gasteiger partial charge < -0.3 is 4.90 Å². The average molecular weight is 252 g/mol. The molecular formula is C11H12N2OS2. The van der Waals surface area contributed by atoms with Gasteiger partial charge in [0.25, 0.3) is 0 Å². The lowest BCUT2D eigenvalue weighted by atomic mass is 10.3. The van der Waals surface area contributed by atoms with Crippen molar-refractivity contribution in [2.75, 3.05) is 19.3 Å². The highest BCUT2D eigenvalue weighted by atomic mass is 32.2. The third kappa shape index (κ3) is 2.36. The van der Waals surface area contributed by atoms with Gasteiger partial charge in [0.05, 0.1) is 4.88 Å². The molecule has 0 unspecified atom stereocenters. The van der Waals surface area contributed by atoms with Crippen LogP contribution in [0.5, 0.6) is 0 Å². The monoisotopic (exact) mass is 252 g/mol. The third-order valence-corrected chi connectivity index (χ3v) is 4.33. The summed E-state index contributed by atoms with van der Waals surface area (Å²) >= 11 is 3.08. The predicted octanol–water partition coefficient (Wildman–Crippen LogP) is 2.48. The molecule has 0 aromatic carbocycles. The molecule has 0 N–H and O–H groups in total. The first kappa shape index (κ1) is 11.4. The Labute approximate surface area is 103 Å². The van der Waals surface area contributed by atoms with E-state index in [9.17, 15) is 4.79 Å². The number of thioether (sulfide) groups is 1. The molecule has 2 rings (SSSR count). The summed E-state index contributed by atoms with van der Waals surface area (Å²) in [6, 6.07) is 3.71. The van der Waals surface area contributed by atoms with Gasteiger partial charge in [0, 0.05) is 18.5 Å². The molecule has 0 aliphatic carbocycles. The van der Waals surface area contributed by atoms with Crippen LogP contribution >= 0.6 is 23.1 Å². The minimum atomic E-state index is 0.0778. The fourth-order valence-electron chi connectivity index (χ4n) is 1.28. The zero-order valence-electron chi connectivity index (χ0n) is 8.97. The van der Waals surface area contributed by atoms with Gasteiger partial charge in [0.15, 0.2) is 11.0 Å². The molecule has 16 heavy (non-hydrogen) atoms. The molecule has 0 saturated carbocycles. The summed E-state index contributed by atoms with van der Waals surface area (Å²) < 4.78 is 0. The Bertz CT molecular complexity index is 437. The maximum atomic E-state index is 11.7. The van der Waals surface area contributed by atoms with Gasteiger partial charge in [0.2, 0.25) is 0 Å². The number of hydrogen-bond acceptors (Lipinski definition) is 4. The Morgan fingerprint density at radius 1 is 1.69 bits per heavy atom. The molecule has 0 amide bonds. The van der Waals surface area contributed by atoms with E-state index in [2.05, 4.69) is 11.6 Å². The molecule has 0 atom stereocenters. The van der Waals surface area contributed by atoms with Crippen LogP contribution in [0.4, 0.5) is 0 Å². The van der Waals surface area contributed by atoms with Gasteiger partial charge in [-0.1, -0.05) is 24.4 Å². The molecule has 5 heteroatoms. The lowest BCUT2D eigenvalue weighted by molar-refractivity contribution is 0.101. The second kappa shape index (κ2) is 4.84. The summed E-state index contributed by atoms with van der Waals surface area (Å²) in [5.41, 5.74) is 1.03. The van der Waals surface area contributed by atoms with Crippen LogP contribution in [0.25, 0.3) is 0 Å². The Hall–Kier alpha value is -1.07. The van der Waals surface area contributed by atoms with Crippen LogP contribution < -0.4 is 0 Å². The van der Waals surface area contributed by atoms with Crippen LogP contribution in [-0.2, 0) is 0 Å². The molecule has 1 aliphatic rings. The number of nitrogens with zero attached hydrogens (tertiary/aromatic N) is 2. The summed E-state index contributed by atoms with van der Waals surface area (Å²) in [5.74, 6) is 0.941. The van der Waals surface area contributed by atoms with Crippen LogP contribution in [0.15, 0.2) is 34.8 Å². The van der Waals surface area contributed by atoms with Crippen molar-refractivity contribution in [2.24, 2.45) is 4.99 Å². The van der Waals surface area contributed by atoms with E-state index < -0.39 is 0 Å². The van der Waals surface area contributed by atoms with Crippen LogP contribution in [0.2, 0.25) is 0 Å². The zero-order valence-corrected chi connectivity index (χ0v) is 10.6. The number of thiophene rings is 1. The molecule has 1 aromatic rings. The maximum absolute atomic E-state index is 11.7. The quantitative estimate of drug-likeness (QED) is 0.775. The molecule has 0 spiro atoms. The first-order valence-corrected chi connectivity index (χ1v) is 6.70. The summed E-state index contributed by atoms with van der Waals surface area (Å²) in [6.07, 6.45) is 0. The van der Waals surface area contributed by atoms with Crippen LogP contribution in [-0.4, -0.2) is 35.2 Å². The van der Waals surface area contributed by atoms with Crippen molar-refractivity contribution in [3.63, 3.8) is 0 Å². The number of carbonyl (C=O) groups excluding carboxylic acids is 1. The Morgan fingerprint density at radius 3 is 3.06 bits per heavy atom. The Kier molecular flexibility index (Phi) is 3.46. The number of carbonyl (C=O) groups is 1. The predicted molar refractivity (Wildman–Crippen MR) is 70.3 cm³/mol. The molecule has 1 saturated heterocycles. The van der Waals surface area contributed by atoms with E-state index in [0.717, 1.165) is 21.5 Å². The van der Waals surface area contributed by atoms with Crippen molar-refractivity contribution in [1.29, 1.82) is 0 Å². The molecule has 0 radical (unpaired) electrons. The molecule has 3 nitrogen and oxygen atoms in total. The standard InChI is InChI=1S/C11H12N2OS2/c1-8-7-16-11(13(8)2)12-6-9(14)10-4-3-5-15-10/h3-5H,1,6-7H2,2H3. The lowest BCUT2D eigenvalue weighted by Gasteiger charge is -2.10. The summed E-state index contributed by atoms with van der Waals surface area (Å²) in [4.78, 5) is 18.7. The van der Waals surface area contributed by atoms with Gasteiger partial charge in [-0.05, 0) is 11.4 Å². The van der Waals surface area contributed by atoms with Crippen molar-refractivity contribution in [1.82, 2.24) is 4.90 Å². The first-order valence-electron chi connectivity index (χ1n) is 4.84. The van der Waals surface area contributed by atoms with Gasteiger partial charge >= 0.3 is 0 Å². The number of rotatable bonds is 3. The van der Waals surface area contributed by atoms with E-state index in [1.807, 2.05) is 29.5 Å². The van der Waals surface area contributed by atoms with Crippen LogP contribution in [0.3, 0.4) is 0 Å². The fourth-order valence-corrected chi connectivity index (χ4v) is 2.91. The SMILES string of the molecule is C=C1CSC(=NCC(=O)c2cccs2)N1C. The second-order valence-electron chi connectivity index (χ2n) is 3.41. The smallest absolute Gasteiger partial charge is 0.194 e. The van der Waals surface area contributed by atoms with Crippen molar-refractivity contribution in [3.8, 4) is 0 Å². The number of amidine groups is 1. The van der Waals surface area contributed by atoms with Gasteiger partial charge in [-0.3, -0.25) is 9.79 Å². The van der Waals surface area contributed by atoms with E-state index in [1.54, 1.807) is 11.8 Å². The normalized spacial score (nSPS) is 18.4. The molecule has 0 bridgehead atoms. The minimum absolute atomic E-state index is 0.0778. The van der Waals surface area contributed by atoms with Crippen molar-refractivity contribution < 1.29 is 4.79 Å². The largest absolute Gasteiger partial charge is 0.328 e. The lowest BCUT2D eigenvalue weighted by Crippen LogP contribution is -2.17. The van der Waals surface area contributed by atoms with Gasteiger partial charge in [-0.25, -0.2) is 0 Å². The molecule has 2 heterocycles. The summed E-state index contributed by atoms with van der Waals surface area (Å²) in [5, 5.41) is 2.79. The summed E-state index contributed by atoms with van der Waals surface area (Å²) in [7, 11) is 1.93. The highest BCUT2D eigenvalue weighted by Gasteiger charge is 2.19. The molecule has 1 aliphatic heterocycles. The van der Waals surface area contributed by atoms with Crippen molar-refractivity contribution >= 4 is 34.0 Å². The highest BCUT2D eigenvalue weighted by molar-refractivity contribution is 8.14. The third-order valence-electron chi connectivity index (χ3n) is 2.28. The Balaban J connectivity index is 1.99. The van der Waals surface area contributed by atoms with E-state index in [1.165, 1.54) is 11.3 Å². The highest BCUT2D eigenvalue weighted by Crippen LogP contribution is 2.23. The van der Waals surface area contributed by atoms with E-state index in [4.69, 9.17) is 0 Å². The zero-order chi connectivity index (χ0) is 11.5. The summed E-state index contributed by atoms with van der Waals surface area (Å²) in [6.45, 7) is 4.13. The van der Waals surface area contributed by atoms with Gasteiger partial charge in [-0.15, -0.1) is 11.3 Å². The van der Waals surface area contributed by atoms with Crippen molar-refractivity contribution in [2.45, 2.75) is 0 Å². The second-order valence-corrected chi connectivity index (χ2v) is 5.30. The Morgan fingerprint density at radius 2 is 2.50 bits per heavy atom. The van der Waals surface area contributed by atoms with E-state index in [0.29, 0.717) is 0 Å². The topological polar surface area (TPSA) is 32.7 Å². The number of Topliss-reactive ketones (excluding diaryl/α,β-unsaturated/α-hetero) is 1. The van der Waals surface area contributed by atoms with Crippen LogP contribution in [0, 0.1) is 0 Å². The van der Waals surface area contributed by atoms with E-state index >= 15 is 0 Å². The molecule has 1 fully saturated rings. The first-order chi connectivity index (χ1) is 7.68. The number of hydrogen-bond donors (Lipinski definition) is 0. The van der Waals surface area contributed by atoms with Gasteiger partial charge in [-0.2, -0.15) is 0 Å². The maximum Gasteiger partial charge on any atom is 0.194 e. The van der Waals surface area contributed by atoms with Crippen molar-refractivity contribution in [3.05, 3.63) is 34.7 Å². The molecule has 1 aromatic heterocycles. The van der Waals surface area contributed by atoms with E-state index in [-0.39, 0.29) is 12.3 Å². The minimum Gasteiger partial charge on any atom is -0.328 e. The number of ketones is 1. The fraction of sp³-hybridized carbons (Fsp3) is 0.273. The van der Waals surface area contributed by atoms with Gasteiger partial charge in [0.1, 0.15) is 6.54 Å². The average Bonchev–Trinajstić information content (AvgIpc) is 2.89. The van der Waals surface area contributed by atoms with Crippen LogP contribution in [0.1, 0.15) is 9.67 Å². The molecular weight excluding hydrogens is 240 g/mol.